The van der Waals surface area contributed by atoms with Gasteiger partial charge in [-0.3, -0.25) is 24.1 Å². The van der Waals surface area contributed by atoms with E-state index >= 15 is 0 Å². The summed E-state index contributed by atoms with van der Waals surface area (Å²) in [6.45, 7) is 1.55. The number of nitrogens with one attached hydrogen (secondary N) is 1. The van der Waals surface area contributed by atoms with Crippen LogP contribution in [-0.2, 0) is 25.4 Å². The van der Waals surface area contributed by atoms with Gasteiger partial charge in [0.2, 0.25) is 11.7 Å². The second kappa shape index (κ2) is 12.6. The Kier molecular flexibility index (Phi) is 9.73. The number of alkyl halides is 4. The number of aliphatic hydroxyl groups excluding tert-OH is 3. The van der Waals surface area contributed by atoms with Crippen molar-refractivity contribution < 1.29 is 57.9 Å². The zero-order valence-corrected chi connectivity index (χ0v) is 28.5. The minimum absolute atomic E-state index is 0. The van der Waals surface area contributed by atoms with Crippen molar-refractivity contribution in [2.24, 2.45) is 17.6 Å². The Morgan fingerprint density at radius 2 is 1.65 bits per heavy atom. The number of nitrogens with zero attached hydrogens (tertiary/aromatic N) is 1. The molecule has 0 aliphatic heterocycles. The maximum atomic E-state index is 14.1. The molecule has 3 aliphatic carbocycles. The topological polar surface area (TPSA) is 211 Å². The van der Waals surface area contributed by atoms with Gasteiger partial charge in [-0.2, -0.15) is 13.2 Å². The first-order valence-corrected chi connectivity index (χ1v) is 15.0. The van der Waals surface area contributed by atoms with E-state index in [0.717, 1.165) is 24.3 Å². The number of nitrogens with two attached hydrogens (primary N) is 1. The number of aliphatic hydroxyl groups is 4. The Hall–Kier alpha value is -3.77. The lowest BCUT2D eigenvalue weighted by Crippen LogP contribution is -2.70. The maximum absolute atomic E-state index is 14.1. The number of hydrogen-bond acceptors (Lipinski definition) is 10. The molecule has 2 aromatic rings. The molecule has 5 unspecified atom stereocenters. The monoisotopic (exact) mass is 803 g/mol. The van der Waals surface area contributed by atoms with Gasteiger partial charge >= 0.3 is 6.18 Å². The molecule has 1 fully saturated rings. The van der Waals surface area contributed by atoms with Crippen LogP contribution in [0.2, 0.25) is 0 Å². The number of rotatable bonds is 5. The fourth-order valence-electron chi connectivity index (χ4n) is 6.91. The minimum Gasteiger partial charge on any atom is -0.508 e. The van der Waals surface area contributed by atoms with Crippen LogP contribution in [0.3, 0.4) is 0 Å². The van der Waals surface area contributed by atoms with Crippen LogP contribution in [0.5, 0.6) is 5.75 Å². The Morgan fingerprint density at radius 3 is 2.17 bits per heavy atom. The average Bonchev–Trinajstić information content (AvgIpc) is 2.99. The first-order valence-electron chi connectivity index (χ1n) is 14.1. The number of primary amides is 1. The molecule has 8 N–H and O–H groups in total. The Morgan fingerprint density at radius 1 is 1.06 bits per heavy atom. The van der Waals surface area contributed by atoms with E-state index in [2.05, 4.69) is 21.2 Å². The van der Waals surface area contributed by atoms with Gasteiger partial charge in [0, 0.05) is 11.5 Å². The normalized spacial score (nSPS) is 27.5. The van der Waals surface area contributed by atoms with Crippen LogP contribution < -0.4 is 11.1 Å². The van der Waals surface area contributed by atoms with Crippen LogP contribution in [0.4, 0.5) is 18.9 Å². The summed E-state index contributed by atoms with van der Waals surface area (Å²) >= 11 is 3.12. The molecule has 2 amide bonds. The fraction of sp³-hybridized carbons (Fsp3) is 0.355. The predicted molar refractivity (Wildman–Crippen MR) is 172 cm³/mol. The Labute approximate surface area is 289 Å². The largest absolute Gasteiger partial charge is 0.508 e. The van der Waals surface area contributed by atoms with E-state index in [0.29, 0.717) is 0 Å². The van der Waals surface area contributed by atoms with Gasteiger partial charge in [0.25, 0.3) is 5.91 Å². The number of carbonyl (C=O) groups excluding carboxylic acids is 4. The third-order valence-electron chi connectivity index (χ3n) is 9.15. The molecule has 0 spiro atoms. The van der Waals surface area contributed by atoms with E-state index < -0.39 is 104 Å². The average molecular weight is 805 g/mol. The van der Waals surface area contributed by atoms with Crippen LogP contribution in [-0.4, -0.2) is 85.7 Å². The third kappa shape index (κ3) is 5.41. The molecule has 0 saturated heterocycles. The summed E-state index contributed by atoms with van der Waals surface area (Å²) in [5, 5.41) is 59.6. The summed E-state index contributed by atoms with van der Waals surface area (Å²) in [4.78, 5) is 52.7. The number of likely N-dealkylation sites (N-methyl/N-ethyl adjacent to an activating group) is 1. The first-order chi connectivity index (χ1) is 21.8. The number of Topliss-reactive ketones (excluding diaryl/α,β-unsaturated/α-hetero) is 2. The van der Waals surface area contributed by atoms with Crippen LogP contribution in [0.1, 0.15) is 39.9 Å². The summed E-state index contributed by atoms with van der Waals surface area (Å²) in [7, 11) is 2.79. The zero-order chi connectivity index (χ0) is 35.1. The van der Waals surface area contributed by atoms with E-state index in [1.807, 2.05) is 0 Å². The third-order valence-corrected chi connectivity index (χ3v) is 10.1. The summed E-state index contributed by atoms with van der Waals surface area (Å²) in [6.07, 6.45) is -6.36. The lowest BCUT2D eigenvalue weighted by molar-refractivity contribution is -0.169. The number of anilines is 1. The number of aromatic hydroxyl groups is 1. The summed E-state index contributed by atoms with van der Waals surface area (Å²) in [6, 6.07) is 4.97. The molecule has 12 nitrogen and oxygen atoms in total. The lowest BCUT2D eigenvalue weighted by atomic mass is 9.54. The number of hydrogen-bond donors (Lipinski definition) is 7. The molecule has 1 saturated carbocycles. The molecule has 5 rings (SSSR count). The van der Waals surface area contributed by atoms with E-state index in [1.165, 1.54) is 31.1 Å². The van der Waals surface area contributed by atoms with E-state index in [-0.39, 0.29) is 39.4 Å². The second-order valence-electron chi connectivity index (χ2n) is 11.9. The Bertz CT molecular complexity index is 1800. The zero-order valence-electron chi connectivity index (χ0n) is 25.2. The van der Waals surface area contributed by atoms with E-state index in [4.69, 9.17) is 5.73 Å². The number of fused-ring (bicyclic) bond motifs is 3. The molecule has 3 aliphatic rings. The second-order valence-corrected chi connectivity index (χ2v) is 12.9. The molecule has 0 bridgehead atoms. The quantitative estimate of drug-likeness (QED) is 0.133. The van der Waals surface area contributed by atoms with Gasteiger partial charge in [0.15, 0.2) is 11.4 Å². The van der Waals surface area contributed by atoms with Crippen molar-refractivity contribution in [3.63, 3.8) is 0 Å². The number of halogens is 5. The van der Waals surface area contributed by atoms with Crippen molar-refractivity contribution in [3.05, 3.63) is 75.6 Å². The van der Waals surface area contributed by atoms with Gasteiger partial charge in [-0.1, -0.05) is 41.1 Å². The molecule has 48 heavy (non-hydrogen) atoms. The van der Waals surface area contributed by atoms with Crippen LogP contribution in [0.15, 0.2) is 53.3 Å². The van der Waals surface area contributed by atoms with Crippen molar-refractivity contribution in [2.75, 3.05) is 19.4 Å². The fourth-order valence-corrected chi connectivity index (χ4v) is 7.33. The van der Waals surface area contributed by atoms with Gasteiger partial charge in [-0.25, -0.2) is 0 Å². The van der Waals surface area contributed by atoms with Crippen LogP contribution in [0, 0.1) is 11.8 Å². The SMILES string of the molecule is Br.CC1c2ccc(NC(=O)C(Br)c3ccc(C(F)(F)F)cc3)c(O)c2C(O)=C2C(=O)[C@]3(O)C(O)=C(C(N)=O)C(=O)[C@@H](N(C)C)C3C(O)C21. The molecule has 2 aromatic carbocycles. The summed E-state index contributed by atoms with van der Waals surface area (Å²) in [5.41, 5.74) is -0.595. The molecule has 17 heteroatoms. The highest BCUT2D eigenvalue weighted by Gasteiger charge is 2.68. The summed E-state index contributed by atoms with van der Waals surface area (Å²) in [5.74, 6) is -11.5. The van der Waals surface area contributed by atoms with Crippen LogP contribution in [0.25, 0.3) is 5.76 Å². The van der Waals surface area contributed by atoms with Gasteiger partial charge in [0.05, 0.1) is 34.9 Å². The van der Waals surface area contributed by atoms with Gasteiger partial charge in [0.1, 0.15) is 27.7 Å². The van der Waals surface area contributed by atoms with Gasteiger partial charge in [-0.05, 0) is 49.3 Å². The smallest absolute Gasteiger partial charge is 0.416 e. The van der Waals surface area contributed by atoms with E-state index in [1.54, 1.807) is 6.92 Å². The number of phenols is 1. The molecular formula is C31H30Br2F3N3O9. The molecule has 258 valence electrons. The number of benzene rings is 2. The van der Waals surface area contributed by atoms with Gasteiger partial charge < -0.3 is 36.6 Å². The molecule has 0 heterocycles. The predicted octanol–water partition coefficient (Wildman–Crippen LogP) is 3.17. The van der Waals surface area contributed by atoms with Crippen molar-refractivity contribution in [1.29, 1.82) is 0 Å². The number of carbonyl (C=O) groups is 4. The molecule has 0 radical (unpaired) electrons. The maximum Gasteiger partial charge on any atom is 0.416 e. The summed E-state index contributed by atoms with van der Waals surface area (Å²) < 4.78 is 38.9. The number of phenolic OH excluding ortho intramolecular Hbond substituents is 1. The van der Waals surface area contributed by atoms with Crippen molar-refractivity contribution >= 4 is 67.7 Å². The molecular weight excluding hydrogens is 775 g/mol. The van der Waals surface area contributed by atoms with E-state index in [9.17, 15) is 57.9 Å². The highest BCUT2D eigenvalue weighted by atomic mass is 79.9. The molecule has 0 aromatic heterocycles. The minimum atomic E-state index is -4.59. The number of amides is 2. The van der Waals surface area contributed by atoms with Crippen molar-refractivity contribution in [1.82, 2.24) is 4.90 Å². The van der Waals surface area contributed by atoms with Gasteiger partial charge in [-0.15, -0.1) is 17.0 Å². The van der Waals surface area contributed by atoms with Crippen molar-refractivity contribution in [2.45, 2.75) is 41.6 Å². The number of ketones is 2. The first kappa shape index (κ1) is 37.1. The highest BCUT2D eigenvalue weighted by Crippen LogP contribution is 2.56. The lowest BCUT2D eigenvalue weighted by Gasteiger charge is -2.53. The van der Waals surface area contributed by atoms with Crippen molar-refractivity contribution in [3.8, 4) is 5.75 Å². The standard InChI is InChI=1S/C31H29BrF3N3O9.BrH/c1-10-13-8-9-14(37-29(46)20(32)11-4-6-12(7-5-11)31(33,34)35)22(39)16(13)23(40)17-15(10)24(41)19-21(38(2)3)25(42)18(28(36)45)27(44)30(19,47)26(17)43;/h4-10,15,19-21,24,39-41,44,47H,1-3H3,(H2,36,45)(H,37,46);1H/t10?,15?,19?,20?,21-,24?,30-;/m0./s1. The Balaban J connectivity index is 0.00000520. The van der Waals surface area contributed by atoms with Crippen LogP contribution >= 0.6 is 32.9 Å². The highest BCUT2D eigenvalue weighted by molar-refractivity contribution is 9.09. The molecule has 7 atom stereocenters.